The van der Waals surface area contributed by atoms with Crippen molar-refractivity contribution in [2.75, 3.05) is 12.3 Å². The van der Waals surface area contributed by atoms with E-state index in [1.54, 1.807) is 6.20 Å². The lowest BCUT2D eigenvalue weighted by atomic mass is 9.98. The fourth-order valence-electron chi connectivity index (χ4n) is 2.72. The molecule has 4 N–H and O–H groups in total. The van der Waals surface area contributed by atoms with Gasteiger partial charge in [0.1, 0.15) is 18.1 Å². The highest BCUT2D eigenvalue weighted by molar-refractivity contribution is 5.37. The molecule has 1 aliphatic heterocycles. The van der Waals surface area contributed by atoms with Crippen molar-refractivity contribution in [1.82, 2.24) is 9.55 Å². The van der Waals surface area contributed by atoms with Gasteiger partial charge < -0.3 is 20.7 Å². The number of nitrogens with two attached hydrogens (primary N) is 1. The number of aromatic nitrogens is 2. The smallest absolute Gasteiger partial charge is 0.351 e. The Morgan fingerprint density at radius 2 is 2.39 bits per heavy atom. The normalized spacial score (nSPS) is 25.2. The standard InChI is InChI=1S/C15H22N4O4/c1-9(3-2-4-16)5-10-7-19(15(22)18-14(10)17)13-6-11(21)12(8-20)23-13/h7,9,11-13,20-21H,2-3,5-6,8H2,1H3,(H2,17,18,22)/t9?,11?,12-,13-/m1/s1. The largest absolute Gasteiger partial charge is 0.394 e. The fourth-order valence-corrected chi connectivity index (χ4v) is 2.72. The van der Waals surface area contributed by atoms with Gasteiger partial charge in [0.25, 0.3) is 0 Å². The van der Waals surface area contributed by atoms with Crippen molar-refractivity contribution in [3.05, 3.63) is 22.2 Å². The molecule has 0 bridgehead atoms. The van der Waals surface area contributed by atoms with Gasteiger partial charge in [0, 0.05) is 24.6 Å². The van der Waals surface area contributed by atoms with Crippen LogP contribution in [0.3, 0.4) is 0 Å². The number of hydrogen-bond donors (Lipinski definition) is 3. The number of aliphatic hydroxyl groups is 2. The molecule has 0 aromatic carbocycles. The summed E-state index contributed by atoms with van der Waals surface area (Å²) in [5.41, 5.74) is 5.99. The molecule has 2 unspecified atom stereocenters. The average Bonchev–Trinajstić information content (AvgIpc) is 2.88. The Labute approximate surface area is 134 Å². The van der Waals surface area contributed by atoms with Crippen molar-refractivity contribution in [3.63, 3.8) is 0 Å². The Balaban J connectivity index is 2.20. The van der Waals surface area contributed by atoms with Gasteiger partial charge in [-0.1, -0.05) is 6.92 Å². The maximum absolute atomic E-state index is 12.0. The van der Waals surface area contributed by atoms with E-state index in [-0.39, 0.29) is 24.8 Å². The molecule has 0 saturated carbocycles. The van der Waals surface area contributed by atoms with Crippen LogP contribution in [0.2, 0.25) is 0 Å². The van der Waals surface area contributed by atoms with E-state index < -0.39 is 24.1 Å². The van der Waals surface area contributed by atoms with Crippen LogP contribution in [0.5, 0.6) is 0 Å². The molecular weight excluding hydrogens is 300 g/mol. The van der Waals surface area contributed by atoms with Crippen LogP contribution >= 0.6 is 0 Å². The summed E-state index contributed by atoms with van der Waals surface area (Å²) < 4.78 is 6.80. The Bertz CT molecular complexity index is 639. The minimum atomic E-state index is -0.826. The highest BCUT2D eigenvalue weighted by Crippen LogP contribution is 2.28. The lowest BCUT2D eigenvalue weighted by Gasteiger charge is -2.17. The predicted octanol–water partition coefficient (Wildman–Crippen LogP) is -0.0514. The Morgan fingerprint density at radius 1 is 1.65 bits per heavy atom. The van der Waals surface area contributed by atoms with E-state index in [0.717, 1.165) is 6.42 Å². The molecule has 0 amide bonds. The van der Waals surface area contributed by atoms with Crippen molar-refractivity contribution >= 4 is 5.82 Å². The minimum absolute atomic E-state index is 0.173. The third kappa shape index (κ3) is 4.07. The molecule has 1 saturated heterocycles. The molecule has 0 aliphatic carbocycles. The molecule has 2 rings (SSSR count). The molecule has 1 aromatic heterocycles. The number of nitrogens with zero attached hydrogens (tertiary/aromatic N) is 3. The van der Waals surface area contributed by atoms with Crippen LogP contribution in [0.4, 0.5) is 5.82 Å². The molecule has 0 radical (unpaired) electrons. The summed E-state index contributed by atoms with van der Waals surface area (Å²) in [4.78, 5) is 15.9. The van der Waals surface area contributed by atoms with Crippen LogP contribution in [0.1, 0.15) is 38.0 Å². The van der Waals surface area contributed by atoms with Crippen LogP contribution in [0.15, 0.2) is 11.0 Å². The summed E-state index contributed by atoms with van der Waals surface area (Å²) in [6.45, 7) is 1.69. The molecule has 0 spiro atoms. The van der Waals surface area contributed by atoms with Gasteiger partial charge in [-0.2, -0.15) is 10.2 Å². The second-order valence-electron chi connectivity index (χ2n) is 5.96. The number of anilines is 1. The Morgan fingerprint density at radius 3 is 3.00 bits per heavy atom. The highest BCUT2D eigenvalue weighted by Gasteiger charge is 2.35. The van der Waals surface area contributed by atoms with Crippen molar-refractivity contribution in [3.8, 4) is 6.07 Å². The number of ether oxygens (including phenoxy) is 1. The molecule has 23 heavy (non-hydrogen) atoms. The zero-order chi connectivity index (χ0) is 17.0. The first-order valence-corrected chi connectivity index (χ1v) is 7.65. The molecule has 8 nitrogen and oxygen atoms in total. The van der Waals surface area contributed by atoms with Crippen LogP contribution < -0.4 is 11.4 Å². The summed E-state index contributed by atoms with van der Waals surface area (Å²) >= 11 is 0. The predicted molar refractivity (Wildman–Crippen MR) is 82.2 cm³/mol. The molecule has 1 fully saturated rings. The molecule has 2 heterocycles. The fraction of sp³-hybridized carbons (Fsp3) is 0.667. The average molecular weight is 322 g/mol. The van der Waals surface area contributed by atoms with Crippen molar-refractivity contribution in [2.45, 2.75) is 51.0 Å². The first-order chi connectivity index (χ1) is 11.0. The van der Waals surface area contributed by atoms with E-state index in [0.29, 0.717) is 18.4 Å². The van der Waals surface area contributed by atoms with Gasteiger partial charge in [-0.15, -0.1) is 0 Å². The second kappa shape index (κ2) is 7.55. The van der Waals surface area contributed by atoms with E-state index in [9.17, 15) is 9.90 Å². The molecule has 4 atom stereocenters. The van der Waals surface area contributed by atoms with Crippen molar-refractivity contribution < 1.29 is 14.9 Å². The number of aliphatic hydroxyl groups excluding tert-OH is 2. The van der Waals surface area contributed by atoms with Crippen molar-refractivity contribution in [1.29, 1.82) is 5.26 Å². The minimum Gasteiger partial charge on any atom is -0.394 e. The maximum Gasteiger partial charge on any atom is 0.351 e. The third-order valence-electron chi connectivity index (χ3n) is 4.07. The molecular formula is C15H22N4O4. The Hall–Kier alpha value is -1.95. The summed E-state index contributed by atoms with van der Waals surface area (Å²) in [5.74, 6) is 0.400. The van der Waals surface area contributed by atoms with Crippen LogP contribution in [0, 0.1) is 17.2 Å². The zero-order valence-corrected chi connectivity index (χ0v) is 13.1. The van der Waals surface area contributed by atoms with Crippen LogP contribution in [0.25, 0.3) is 0 Å². The highest BCUT2D eigenvalue weighted by atomic mass is 16.5. The van der Waals surface area contributed by atoms with E-state index >= 15 is 0 Å². The van der Waals surface area contributed by atoms with Crippen molar-refractivity contribution in [2.24, 2.45) is 5.92 Å². The molecule has 8 heteroatoms. The number of rotatable bonds is 6. The van der Waals surface area contributed by atoms with Gasteiger partial charge in [-0.25, -0.2) is 4.79 Å². The van der Waals surface area contributed by atoms with Gasteiger partial charge in [0.15, 0.2) is 0 Å². The lowest BCUT2D eigenvalue weighted by Crippen LogP contribution is -2.29. The van der Waals surface area contributed by atoms with E-state index in [4.69, 9.17) is 20.8 Å². The van der Waals surface area contributed by atoms with E-state index in [2.05, 4.69) is 11.1 Å². The molecule has 126 valence electrons. The topological polar surface area (TPSA) is 134 Å². The van der Waals surface area contributed by atoms with Crippen LogP contribution in [-0.4, -0.2) is 38.6 Å². The van der Waals surface area contributed by atoms with E-state index in [1.165, 1.54) is 4.57 Å². The third-order valence-corrected chi connectivity index (χ3v) is 4.07. The summed E-state index contributed by atoms with van der Waals surface area (Å²) in [6, 6.07) is 2.11. The number of nitriles is 1. The van der Waals surface area contributed by atoms with Gasteiger partial charge in [-0.05, 0) is 18.8 Å². The monoisotopic (exact) mass is 322 g/mol. The second-order valence-corrected chi connectivity index (χ2v) is 5.96. The van der Waals surface area contributed by atoms with E-state index in [1.807, 2.05) is 6.92 Å². The maximum atomic E-state index is 12.0. The molecule has 1 aromatic rings. The van der Waals surface area contributed by atoms with Gasteiger partial charge in [-0.3, -0.25) is 4.57 Å². The quantitative estimate of drug-likeness (QED) is 0.668. The molecule has 1 aliphatic rings. The lowest BCUT2D eigenvalue weighted by molar-refractivity contribution is -0.0459. The first-order valence-electron chi connectivity index (χ1n) is 7.65. The Kier molecular flexibility index (Phi) is 5.71. The van der Waals surface area contributed by atoms with Gasteiger partial charge in [0.2, 0.25) is 0 Å². The summed E-state index contributed by atoms with van der Waals surface area (Å²) in [5, 5.41) is 27.6. The summed E-state index contributed by atoms with van der Waals surface area (Å²) in [7, 11) is 0. The van der Waals surface area contributed by atoms with Gasteiger partial charge >= 0.3 is 5.69 Å². The number of hydrogen-bond acceptors (Lipinski definition) is 7. The van der Waals surface area contributed by atoms with Crippen LogP contribution in [-0.2, 0) is 11.2 Å². The summed E-state index contributed by atoms with van der Waals surface area (Å²) in [6.07, 6.45) is 1.40. The SMILES string of the molecule is CC(CCC#N)Cc1cn([C@H]2CC(O)[C@@H](CO)O2)c(=O)nc1N. The first kappa shape index (κ1) is 17.4. The number of nitrogen functional groups attached to an aromatic ring is 1. The zero-order valence-electron chi connectivity index (χ0n) is 13.1. The van der Waals surface area contributed by atoms with Gasteiger partial charge in [0.05, 0.1) is 18.8 Å².